The number of aryl methyl sites for hydroxylation is 1. The van der Waals surface area contributed by atoms with Crippen LogP contribution in [-0.2, 0) is 6.42 Å². The summed E-state index contributed by atoms with van der Waals surface area (Å²) in [6.07, 6.45) is 2.18. The SMILES string of the molecule is Cc1ccc(CC(=O)c2ccc3cccnc3c2)cc1. The van der Waals surface area contributed by atoms with Gasteiger partial charge in [0.2, 0.25) is 0 Å². The Hall–Kier alpha value is -2.48. The predicted octanol–water partition coefficient (Wildman–Crippen LogP) is 3.97. The number of carbonyl (C=O) groups excluding carboxylic acids is 1. The minimum atomic E-state index is 0.126. The highest BCUT2D eigenvalue weighted by atomic mass is 16.1. The van der Waals surface area contributed by atoms with Crippen LogP contribution in [-0.4, -0.2) is 10.8 Å². The molecular weight excluding hydrogens is 246 g/mol. The van der Waals surface area contributed by atoms with Crippen molar-refractivity contribution >= 4 is 16.7 Å². The molecule has 0 radical (unpaired) electrons. The van der Waals surface area contributed by atoms with Crippen LogP contribution in [0.2, 0.25) is 0 Å². The first-order chi connectivity index (χ1) is 9.72. The van der Waals surface area contributed by atoms with Crippen molar-refractivity contribution in [3.63, 3.8) is 0 Å². The highest BCUT2D eigenvalue weighted by molar-refractivity contribution is 6.00. The van der Waals surface area contributed by atoms with E-state index in [0.29, 0.717) is 6.42 Å². The van der Waals surface area contributed by atoms with E-state index < -0.39 is 0 Å². The van der Waals surface area contributed by atoms with Gasteiger partial charge in [-0.3, -0.25) is 9.78 Å². The van der Waals surface area contributed by atoms with E-state index >= 15 is 0 Å². The van der Waals surface area contributed by atoms with Crippen molar-refractivity contribution in [1.82, 2.24) is 4.98 Å². The number of aromatic nitrogens is 1. The molecule has 3 aromatic rings. The van der Waals surface area contributed by atoms with Crippen molar-refractivity contribution in [3.8, 4) is 0 Å². The largest absolute Gasteiger partial charge is 0.294 e. The second-order valence-corrected chi connectivity index (χ2v) is 5.00. The van der Waals surface area contributed by atoms with Gasteiger partial charge >= 0.3 is 0 Å². The molecule has 0 spiro atoms. The summed E-state index contributed by atoms with van der Waals surface area (Å²) < 4.78 is 0. The Kier molecular flexibility index (Phi) is 3.30. The van der Waals surface area contributed by atoms with Crippen LogP contribution in [0, 0.1) is 6.92 Å². The fraction of sp³-hybridized carbons (Fsp3) is 0.111. The first-order valence-electron chi connectivity index (χ1n) is 6.66. The Labute approximate surface area is 118 Å². The molecule has 2 aromatic carbocycles. The normalized spacial score (nSPS) is 10.7. The maximum atomic E-state index is 12.3. The number of hydrogen-bond acceptors (Lipinski definition) is 2. The quantitative estimate of drug-likeness (QED) is 0.668. The van der Waals surface area contributed by atoms with Crippen LogP contribution in [0.4, 0.5) is 0 Å². The van der Waals surface area contributed by atoms with Gasteiger partial charge in [0.05, 0.1) is 5.52 Å². The second kappa shape index (κ2) is 5.25. The third-order valence-electron chi connectivity index (χ3n) is 3.41. The lowest BCUT2D eigenvalue weighted by Crippen LogP contribution is -2.03. The summed E-state index contributed by atoms with van der Waals surface area (Å²) in [6, 6.07) is 17.7. The van der Waals surface area contributed by atoms with Crippen LogP contribution in [0.1, 0.15) is 21.5 Å². The van der Waals surface area contributed by atoms with E-state index in [1.807, 2.05) is 61.5 Å². The van der Waals surface area contributed by atoms with Gasteiger partial charge in [-0.05, 0) is 24.6 Å². The molecule has 0 unspecified atom stereocenters. The number of carbonyl (C=O) groups is 1. The lowest BCUT2D eigenvalue weighted by Gasteiger charge is -2.04. The Balaban J connectivity index is 1.86. The van der Waals surface area contributed by atoms with Crippen LogP contribution in [0.3, 0.4) is 0 Å². The van der Waals surface area contributed by atoms with Gasteiger partial charge in [0.25, 0.3) is 0 Å². The van der Waals surface area contributed by atoms with Gasteiger partial charge in [-0.15, -0.1) is 0 Å². The Morgan fingerprint density at radius 3 is 2.65 bits per heavy atom. The summed E-state index contributed by atoms with van der Waals surface area (Å²) in [4.78, 5) is 16.6. The number of hydrogen-bond donors (Lipinski definition) is 0. The van der Waals surface area contributed by atoms with Crippen molar-refractivity contribution in [2.45, 2.75) is 13.3 Å². The third-order valence-corrected chi connectivity index (χ3v) is 3.41. The van der Waals surface area contributed by atoms with Crippen molar-refractivity contribution in [2.24, 2.45) is 0 Å². The van der Waals surface area contributed by atoms with Crippen LogP contribution >= 0.6 is 0 Å². The van der Waals surface area contributed by atoms with E-state index in [1.54, 1.807) is 6.20 Å². The van der Waals surface area contributed by atoms with E-state index in [2.05, 4.69) is 4.98 Å². The zero-order valence-electron chi connectivity index (χ0n) is 11.3. The van der Waals surface area contributed by atoms with Gasteiger partial charge < -0.3 is 0 Å². The molecule has 0 aliphatic rings. The average molecular weight is 261 g/mol. The number of ketones is 1. The molecule has 0 saturated heterocycles. The molecule has 1 aromatic heterocycles. The molecule has 0 atom stereocenters. The van der Waals surface area contributed by atoms with Crippen molar-refractivity contribution in [3.05, 3.63) is 77.5 Å². The van der Waals surface area contributed by atoms with Crippen molar-refractivity contribution < 1.29 is 4.79 Å². The number of pyridine rings is 1. The first-order valence-corrected chi connectivity index (χ1v) is 6.66. The third kappa shape index (κ3) is 2.59. The Morgan fingerprint density at radius 2 is 1.85 bits per heavy atom. The molecule has 0 aliphatic heterocycles. The fourth-order valence-electron chi connectivity index (χ4n) is 2.23. The fourth-order valence-corrected chi connectivity index (χ4v) is 2.23. The Morgan fingerprint density at radius 1 is 1.05 bits per heavy atom. The van der Waals surface area contributed by atoms with E-state index in [9.17, 15) is 4.79 Å². The maximum Gasteiger partial charge on any atom is 0.167 e. The highest BCUT2D eigenvalue weighted by Gasteiger charge is 2.08. The molecule has 0 N–H and O–H groups in total. The summed E-state index contributed by atoms with van der Waals surface area (Å²) in [5.74, 6) is 0.126. The maximum absolute atomic E-state index is 12.3. The zero-order valence-corrected chi connectivity index (χ0v) is 11.3. The van der Waals surface area contributed by atoms with E-state index in [0.717, 1.165) is 22.0 Å². The van der Waals surface area contributed by atoms with Crippen LogP contribution < -0.4 is 0 Å². The molecule has 2 nitrogen and oxygen atoms in total. The molecule has 0 aliphatic carbocycles. The highest BCUT2D eigenvalue weighted by Crippen LogP contribution is 2.15. The standard InChI is InChI=1S/C18H15NO/c1-13-4-6-14(7-5-13)11-18(20)16-9-8-15-3-2-10-19-17(15)12-16/h2-10,12H,11H2,1H3. The molecule has 2 heteroatoms. The molecule has 0 saturated carbocycles. The summed E-state index contributed by atoms with van der Waals surface area (Å²) in [7, 11) is 0. The topological polar surface area (TPSA) is 30.0 Å². The molecule has 0 amide bonds. The summed E-state index contributed by atoms with van der Waals surface area (Å²) in [5, 5.41) is 1.05. The number of benzene rings is 2. The lowest BCUT2D eigenvalue weighted by molar-refractivity contribution is 0.0993. The minimum absolute atomic E-state index is 0.126. The molecule has 3 rings (SSSR count). The summed E-state index contributed by atoms with van der Waals surface area (Å²) >= 11 is 0. The average Bonchev–Trinajstić information content (AvgIpc) is 2.49. The van der Waals surface area contributed by atoms with E-state index in [-0.39, 0.29) is 5.78 Å². The monoisotopic (exact) mass is 261 g/mol. The van der Waals surface area contributed by atoms with Gasteiger partial charge in [0.15, 0.2) is 5.78 Å². The van der Waals surface area contributed by atoms with E-state index in [4.69, 9.17) is 0 Å². The molecule has 1 heterocycles. The van der Waals surface area contributed by atoms with Gasteiger partial charge in [-0.1, -0.05) is 48.0 Å². The number of fused-ring (bicyclic) bond motifs is 1. The van der Waals surface area contributed by atoms with Gasteiger partial charge in [-0.2, -0.15) is 0 Å². The van der Waals surface area contributed by atoms with Gasteiger partial charge in [0.1, 0.15) is 0 Å². The minimum Gasteiger partial charge on any atom is -0.294 e. The first kappa shape index (κ1) is 12.5. The lowest BCUT2D eigenvalue weighted by atomic mass is 10.0. The zero-order chi connectivity index (χ0) is 13.9. The summed E-state index contributed by atoms with van der Waals surface area (Å²) in [5.41, 5.74) is 3.83. The number of Topliss-reactive ketones (excluding diaryl/α,β-unsaturated/α-hetero) is 1. The smallest absolute Gasteiger partial charge is 0.167 e. The van der Waals surface area contributed by atoms with Crippen LogP contribution in [0.25, 0.3) is 10.9 Å². The van der Waals surface area contributed by atoms with Crippen molar-refractivity contribution in [1.29, 1.82) is 0 Å². The molecule has 98 valence electrons. The molecule has 0 bridgehead atoms. The molecular formula is C18H15NO. The molecule has 0 fully saturated rings. The van der Waals surface area contributed by atoms with E-state index in [1.165, 1.54) is 5.56 Å². The summed E-state index contributed by atoms with van der Waals surface area (Å²) in [6.45, 7) is 2.04. The predicted molar refractivity (Wildman–Crippen MR) is 81.0 cm³/mol. The molecule has 20 heavy (non-hydrogen) atoms. The Bertz CT molecular complexity index is 760. The number of rotatable bonds is 3. The van der Waals surface area contributed by atoms with Crippen molar-refractivity contribution in [2.75, 3.05) is 0 Å². The van der Waals surface area contributed by atoms with Gasteiger partial charge in [-0.25, -0.2) is 0 Å². The van der Waals surface area contributed by atoms with Gasteiger partial charge in [0, 0.05) is 23.6 Å². The van der Waals surface area contributed by atoms with Crippen LogP contribution in [0.15, 0.2) is 60.8 Å². The second-order valence-electron chi connectivity index (χ2n) is 5.00. The number of nitrogens with zero attached hydrogens (tertiary/aromatic N) is 1. The van der Waals surface area contributed by atoms with Crippen LogP contribution in [0.5, 0.6) is 0 Å².